The molecular weight excluding hydrogens is 266 g/mol. The summed E-state index contributed by atoms with van der Waals surface area (Å²) in [6.45, 7) is 14.9. The Kier molecular flexibility index (Phi) is 9.83. The van der Waals surface area contributed by atoms with Crippen molar-refractivity contribution in [1.82, 2.24) is 16.0 Å². The lowest BCUT2D eigenvalue weighted by molar-refractivity contribution is -0.121. The van der Waals surface area contributed by atoms with Crippen LogP contribution in [0.15, 0.2) is 0 Å². The van der Waals surface area contributed by atoms with Gasteiger partial charge in [0.15, 0.2) is 0 Å². The quantitative estimate of drug-likeness (QED) is 0.432. The van der Waals surface area contributed by atoms with Gasteiger partial charge in [-0.3, -0.25) is 4.79 Å². The van der Waals surface area contributed by atoms with Gasteiger partial charge < -0.3 is 21.1 Å². The number of amides is 1. The molecule has 0 bridgehead atoms. The van der Waals surface area contributed by atoms with Gasteiger partial charge in [-0.15, -0.1) is 0 Å². The van der Waals surface area contributed by atoms with E-state index in [1.807, 2.05) is 0 Å². The molecule has 0 aliphatic rings. The third kappa shape index (κ3) is 14.1. The molecule has 0 spiro atoms. The molecule has 0 unspecified atom stereocenters. The molecule has 21 heavy (non-hydrogen) atoms. The topological polar surface area (TPSA) is 73.4 Å². The number of aliphatic hydroxyl groups excluding tert-OH is 1. The van der Waals surface area contributed by atoms with Crippen LogP contribution >= 0.6 is 0 Å². The zero-order valence-electron chi connectivity index (χ0n) is 14.5. The SMILES string of the molecule is CC(C)(C)CC(C)(C)CNC(=O)CCNCCNCCO. The highest BCUT2D eigenvalue weighted by Gasteiger charge is 2.25. The van der Waals surface area contributed by atoms with Gasteiger partial charge in [0.25, 0.3) is 0 Å². The zero-order valence-corrected chi connectivity index (χ0v) is 14.5. The van der Waals surface area contributed by atoms with Crippen LogP contribution in [0.1, 0.15) is 47.5 Å². The standard InChI is InChI=1S/C16H35N3O2/c1-15(2,3)12-16(4,5)13-19-14(21)6-7-17-8-9-18-10-11-20/h17-18,20H,6-13H2,1-5H3,(H,19,21). The van der Waals surface area contributed by atoms with Crippen molar-refractivity contribution < 1.29 is 9.90 Å². The Balaban J connectivity index is 3.66. The fraction of sp³-hybridized carbons (Fsp3) is 0.938. The predicted octanol–water partition coefficient (Wildman–Crippen LogP) is 1.13. The van der Waals surface area contributed by atoms with E-state index in [4.69, 9.17) is 5.11 Å². The molecule has 0 aromatic heterocycles. The lowest BCUT2D eigenvalue weighted by Gasteiger charge is -2.32. The monoisotopic (exact) mass is 301 g/mol. The summed E-state index contributed by atoms with van der Waals surface area (Å²) >= 11 is 0. The van der Waals surface area contributed by atoms with Gasteiger partial charge in [-0.05, 0) is 17.3 Å². The van der Waals surface area contributed by atoms with Gasteiger partial charge in [-0.1, -0.05) is 34.6 Å². The lowest BCUT2D eigenvalue weighted by atomic mass is 9.76. The van der Waals surface area contributed by atoms with Crippen molar-refractivity contribution in [2.45, 2.75) is 47.5 Å². The Morgan fingerprint density at radius 2 is 1.52 bits per heavy atom. The van der Waals surface area contributed by atoms with Crippen molar-refractivity contribution in [3.8, 4) is 0 Å². The molecule has 0 heterocycles. The summed E-state index contributed by atoms with van der Waals surface area (Å²) < 4.78 is 0. The lowest BCUT2D eigenvalue weighted by Crippen LogP contribution is -2.37. The van der Waals surface area contributed by atoms with Crippen molar-refractivity contribution in [3.05, 3.63) is 0 Å². The highest BCUT2D eigenvalue weighted by atomic mass is 16.3. The normalized spacial score (nSPS) is 12.5. The van der Waals surface area contributed by atoms with Crippen LogP contribution in [0.2, 0.25) is 0 Å². The van der Waals surface area contributed by atoms with Gasteiger partial charge in [0.1, 0.15) is 0 Å². The van der Waals surface area contributed by atoms with E-state index in [1.54, 1.807) is 0 Å². The third-order valence-electron chi connectivity index (χ3n) is 3.07. The number of hydrogen-bond donors (Lipinski definition) is 4. The summed E-state index contributed by atoms with van der Waals surface area (Å²) in [6.07, 6.45) is 1.58. The van der Waals surface area contributed by atoms with E-state index in [1.165, 1.54) is 0 Å². The first-order valence-electron chi connectivity index (χ1n) is 7.95. The van der Waals surface area contributed by atoms with Crippen LogP contribution in [-0.2, 0) is 4.79 Å². The van der Waals surface area contributed by atoms with Crippen LogP contribution in [0.3, 0.4) is 0 Å². The van der Waals surface area contributed by atoms with E-state index < -0.39 is 0 Å². The second-order valence-electron chi connectivity index (χ2n) is 7.65. The van der Waals surface area contributed by atoms with E-state index in [0.29, 0.717) is 19.5 Å². The summed E-state index contributed by atoms with van der Waals surface area (Å²) in [6, 6.07) is 0. The van der Waals surface area contributed by atoms with E-state index in [2.05, 4.69) is 50.6 Å². The van der Waals surface area contributed by atoms with Crippen LogP contribution in [0.4, 0.5) is 0 Å². The van der Waals surface area contributed by atoms with Crippen molar-refractivity contribution in [3.63, 3.8) is 0 Å². The van der Waals surface area contributed by atoms with Crippen molar-refractivity contribution in [2.75, 3.05) is 39.3 Å². The Hall–Kier alpha value is -0.650. The number of aliphatic hydroxyl groups is 1. The summed E-state index contributed by atoms with van der Waals surface area (Å²) in [7, 11) is 0. The minimum Gasteiger partial charge on any atom is -0.395 e. The summed E-state index contributed by atoms with van der Waals surface area (Å²) in [5, 5.41) is 17.9. The molecule has 0 aromatic rings. The molecule has 5 nitrogen and oxygen atoms in total. The predicted molar refractivity (Wildman–Crippen MR) is 88.3 cm³/mol. The first-order chi connectivity index (χ1) is 9.66. The molecule has 4 N–H and O–H groups in total. The maximum atomic E-state index is 11.8. The second kappa shape index (κ2) is 10.1. The van der Waals surface area contributed by atoms with Gasteiger partial charge in [-0.25, -0.2) is 0 Å². The van der Waals surface area contributed by atoms with E-state index >= 15 is 0 Å². The highest BCUT2D eigenvalue weighted by molar-refractivity contribution is 5.76. The summed E-state index contributed by atoms with van der Waals surface area (Å²) in [5.74, 6) is 0.104. The first-order valence-corrected chi connectivity index (χ1v) is 7.95. The number of rotatable bonds is 11. The van der Waals surface area contributed by atoms with Gasteiger partial charge in [0, 0.05) is 39.1 Å². The Bertz CT molecular complexity index is 286. The molecule has 0 radical (unpaired) electrons. The molecule has 0 aliphatic carbocycles. The Morgan fingerprint density at radius 3 is 2.05 bits per heavy atom. The Labute approximate surface area is 130 Å². The van der Waals surface area contributed by atoms with Crippen LogP contribution in [-0.4, -0.2) is 50.3 Å². The van der Waals surface area contributed by atoms with Crippen LogP contribution in [0.25, 0.3) is 0 Å². The fourth-order valence-electron chi connectivity index (χ4n) is 2.63. The largest absolute Gasteiger partial charge is 0.395 e. The van der Waals surface area contributed by atoms with Crippen molar-refractivity contribution >= 4 is 5.91 Å². The smallest absolute Gasteiger partial charge is 0.221 e. The van der Waals surface area contributed by atoms with Gasteiger partial charge in [0.2, 0.25) is 5.91 Å². The van der Waals surface area contributed by atoms with Crippen molar-refractivity contribution in [1.29, 1.82) is 0 Å². The van der Waals surface area contributed by atoms with E-state index in [-0.39, 0.29) is 23.3 Å². The van der Waals surface area contributed by atoms with Crippen LogP contribution in [0, 0.1) is 10.8 Å². The number of carbonyl (C=O) groups excluding carboxylic acids is 1. The maximum Gasteiger partial charge on any atom is 0.221 e. The summed E-state index contributed by atoms with van der Waals surface area (Å²) in [5.41, 5.74) is 0.396. The minimum atomic E-state index is 0.104. The second-order valence-corrected chi connectivity index (χ2v) is 7.65. The van der Waals surface area contributed by atoms with E-state index in [0.717, 1.165) is 26.1 Å². The third-order valence-corrected chi connectivity index (χ3v) is 3.07. The molecule has 0 aliphatic heterocycles. The maximum absolute atomic E-state index is 11.8. The number of carbonyl (C=O) groups is 1. The van der Waals surface area contributed by atoms with Gasteiger partial charge in [0.05, 0.1) is 6.61 Å². The summed E-state index contributed by atoms with van der Waals surface area (Å²) in [4.78, 5) is 11.8. The molecule has 0 atom stereocenters. The average molecular weight is 301 g/mol. The molecule has 5 heteroatoms. The molecular formula is C16H35N3O2. The molecule has 0 fully saturated rings. The number of nitrogens with one attached hydrogen (secondary N) is 3. The zero-order chi connectivity index (χ0) is 16.4. The molecule has 0 saturated heterocycles. The van der Waals surface area contributed by atoms with Gasteiger partial charge in [-0.2, -0.15) is 0 Å². The average Bonchev–Trinajstić information content (AvgIpc) is 2.32. The van der Waals surface area contributed by atoms with Gasteiger partial charge >= 0.3 is 0 Å². The van der Waals surface area contributed by atoms with Crippen molar-refractivity contribution in [2.24, 2.45) is 10.8 Å². The molecule has 126 valence electrons. The molecule has 1 amide bonds. The molecule has 0 aromatic carbocycles. The highest BCUT2D eigenvalue weighted by Crippen LogP contribution is 2.32. The fourth-order valence-corrected chi connectivity index (χ4v) is 2.63. The van der Waals surface area contributed by atoms with Crippen LogP contribution < -0.4 is 16.0 Å². The van der Waals surface area contributed by atoms with E-state index in [9.17, 15) is 4.79 Å². The molecule has 0 rings (SSSR count). The van der Waals surface area contributed by atoms with Crippen LogP contribution in [0.5, 0.6) is 0 Å². The Morgan fingerprint density at radius 1 is 0.952 bits per heavy atom. The number of hydrogen-bond acceptors (Lipinski definition) is 4. The molecule has 0 saturated carbocycles. The first kappa shape index (κ1) is 20.3. The minimum absolute atomic E-state index is 0.104.